The van der Waals surface area contributed by atoms with E-state index in [0.717, 1.165) is 27.8 Å². The predicted octanol–water partition coefficient (Wildman–Crippen LogP) is 4.05. The zero-order chi connectivity index (χ0) is 18.9. The summed E-state index contributed by atoms with van der Waals surface area (Å²) in [6, 6.07) is 5.99. The minimum atomic E-state index is -0.231. The largest absolute Gasteiger partial charge is 0.486 e. The molecule has 1 aromatic heterocycles. The highest BCUT2D eigenvalue weighted by Crippen LogP contribution is 2.35. The number of nitrogens with zero attached hydrogens (tertiary/aromatic N) is 1. The minimum absolute atomic E-state index is 0.0579. The molecule has 1 aliphatic heterocycles. The third-order valence-corrected chi connectivity index (χ3v) is 5.98. The van der Waals surface area contributed by atoms with Crippen LogP contribution in [0.2, 0.25) is 0 Å². The van der Waals surface area contributed by atoms with Gasteiger partial charge in [0.15, 0.2) is 11.5 Å². The first-order chi connectivity index (χ1) is 12.3. The third kappa shape index (κ3) is 3.85. The lowest BCUT2D eigenvalue weighted by atomic mass is 9.84. The van der Waals surface area contributed by atoms with Gasteiger partial charge in [0.25, 0.3) is 5.91 Å². The summed E-state index contributed by atoms with van der Waals surface area (Å²) in [5.41, 5.74) is 1.67. The monoisotopic (exact) mass is 374 g/mol. The van der Waals surface area contributed by atoms with Crippen molar-refractivity contribution < 1.29 is 14.3 Å². The molecule has 2 heterocycles. The van der Waals surface area contributed by atoms with Gasteiger partial charge in [0.1, 0.15) is 18.1 Å². The van der Waals surface area contributed by atoms with Gasteiger partial charge < -0.3 is 14.8 Å². The topological polar surface area (TPSA) is 60.5 Å². The molecule has 2 aromatic rings. The number of aromatic nitrogens is 1. The molecule has 0 bridgehead atoms. The fourth-order valence-electron chi connectivity index (χ4n) is 2.82. The van der Waals surface area contributed by atoms with Gasteiger partial charge in [0.05, 0.1) is 10.7 Å². The molecule has 3 rings (SSSR count). The summed E-state index contributed by atoms with van der Waals surface area (Å²) in [5, 5.41) is 4.07. The minimum Gasteiger partial charge on any atom is -0.486 e. The second-order valence-electron chi connectivity index (χ2n) is 7.55. The molecule has 6 heteroatoms. The molecule has 5 nitrogen and oxygen atoms in total. The van der Waals surface area contributed by atoms with Gasteiger partial charge in [-0.15, -0.1) is 11.3 Å². The number of rotatable bonds is 5. The van der Waals surface area contributed by atoms with E-state index < -0.39 is 0 Å². The van der Waals surface area contributed by atoms with E-state index in [0.29, 0.717) is 30.6 Å². The molecular weight excluding hydrogens is 348 g/mol. The quantitative estimate of drug-likeness (QED) is 0.858. The van der Waals surface area contributed by atoms with Crippen molar-refractivity contribution in [2.24, 2.45) is 0 Å². The lowest BCUT2D eigenvalue weighted by molar-refractivity contribution is 0.0949. The second-order valence-corrected chi connectivity index (χ2v) is 8.58. The zero-order valence-electron chi connectivity index (χ0n) is 16.0. The molecule has 0 atom stereocenters. The smallest absolute Gasteiger partial charge is 0.263 e. The van der Waals surface area contributed by atoms with Crippen LogP contribution >= 0.6 is 11.3 Å². The van der Waals surface area contributed by atoms with Crippen LogP contribution in [0.5, 0.6) is 11.5 Å². The molecule has 0 saturated carbocycles. The van der Waals surface area contributed by atoms with Gasteiger partial charge in [-0.25, -0.2) is 4.98 Å². The summed E-state index contributed by atoms with van der Waals surface area (Å²) in [4.78, 5) is 17.8. The summed E-state index contributed by atoms with van der Waals surface area (Å²) in [6.07, 6.45) is 0. The highest BCUT2D eigenvalue weighted by molar-refractivity contribution is 7.13. The molecule has 1 aromatic carbocycles. The van der Waals surface area contributed by atoms with E-state index >= 15 is 0 Å². The van der Waals surface area contributed by atoms with Gasteiger partial charge in [-0.1, -0.05) is 33.8 Å². The summed E-state index contributed by atoms with van der Waals surface area (Å²) in [7, 11) is 0. The number of hydrogen-bond donors (Lipinski definition) is 1. The molecule has 140 valence electrons. The van der Waals surface area contributed by atoms with E-state index in [4.69, 9.17) is 9.47 Å². The van der Waals surface area contributed by atoms with Gasteiger partial charge >= 0.3 is 0 Å². The summed E-state index contributed by atoms with van der Waals surface area (Å²) >= 11 is 1.48. The maximum atomic E-state index is 12.6. The zero-order valence-corrected chi connectivity index (χ0v) is 16.8. The highest BCUT2D eigenvalue weighted by atomic mass is 32.1. The normalized spacial score (nSPS) is 13.8. The molecule has 26 heavy (non-hydrogen) atoms. The van der Waals surface area contributed by atoms with Crippen LogP contribution in [0, 0.1) is 6.92 Å². The Morgan fingerprint density at radius 2 is 1.96 bits per heavy atom. The van der Waals surface area contributed by atoms with E-state index in [1.807, 2.05) is 25.1 Å². The van der Waals surface area contributed by atoms with E-state index in [-0.39, 0.29) is 11.3 Å². The Morgan fingerprint density at radius 3 is 2.62 bits per heavy atom. The first-order valence-electron chi connectivity index (χ1n) is 8.93. The van der Waals surface area contributed by atoms with E-state index in [2.05, 4.69) is 38.0 Å². The van der Waals surface area contributed by atoms with Gasteiger partial charge in [-0.2, -0.15) is 0 Å². The van der Waals surface area contributed by atoms with Gasteiger partial charge in [0.2, 0.25) is 0 Å². The van der Waals surface area contributed by atoms with Crippen molar-refractivity contribution in [2.75, 3.05) is 19.8 Å². The predicted molar refractivity (Wildman–Crippen MR) is 104 cm³/mol. The number of ether oxygens (including phenoxy) is 2. The standard InChI is InChI=1S/C20H26N2O3S/c1-12(2)19-22-13(3)17(26-19)18(23)21-11-20(4,5)14-6-7-15-16(10-14)25-9-8-24-15/h6-7,10,12H,8-9,11H2,1-5H3,(H,21,23). The first-order valence-corrected chi connectivity index (χ1v) is 9.75. The number of thiazole rings is 1. The summed E-state index contributed by atoms with van der Waals surface area (Å²) < 4.78 is 11.3. The van der Waals surface area contributed by atoms with Crippen molar-refractivity contribution in [3.63, 3.8) is 0 Å². The number of benzene rings is 1. The highest BCUT2D eigenvalue weighted by Gasteiger charge is 2.25. The van der Waals surface area contributed by atoms with Crippen LogP contribution in [0.1, 0.15) is 59.5 Å². The Bertz CT molecular complexity index is 811. The number of aryl methyl sites for hydroxylation is 1. The van der Waals surface area contributed by atoms with Crippen LogP contribution in [0.15, 0.2) is 18.2 Å². The van der Waals surface area contributed by atoms with Crippen molar-refractivity contribution in [1.82, 2.24) is 10.3 Å². The molecule has 0 unspecified atom stereocenters. The lowest BCUT2D eigenvalue weighted by Gasteiger charge is -2.27. The maximum absolute atomic E-state index is 12.6. The Hall–Kier alpha value is -2.08. The molecular formula is C20H26N2O3S. The van der Waals surface area contributed by atoms with Crippen molar-refractivity contribution in [3.05, 3.63) is 39.3 Å². The number of amides is 1. The average Bonchev–Trinajstić information content (AvgIpc) is 3.01. The van der Waals surface area contributed by atoms with Crippen LogP contribution in [-0.2, 0) is 5.41 Å². The van der Waals surface area contributed by atoms with Crippen molar-refractivity contribution in [1.29, 1.82) is 0 Å². The number of fused-ring (bicyclic) bond motifs is 1. The number of hydrogen-bond acceptors (Lipinski definition) is 5. The van der Waals surface area contributed by atoms with Gasteiger partial charge in [-0.05, 0) is 24.6 Å². The second kappa shape index (κ2) is 7.27. The molecule has 0 spiro atoms. The first kappa shape index (κ1) is 18.7. The molecule has 0 saturated heterocycles. The molecule has 0 fully saturated rings. The van der Waals surface area contributed by atoms with Gasteiger partial charge in [0, 0.05) is 17.9 Å². The molecule has 1 amide bonds. The summed E-state index contributed by atoms with van der Waals surface area (Å²) in [6.45, 7) is 12.0. The van der Waals surface area contributed by atoms with E-state index in [9.17, 15) is 4.79 Å². The molecule has 1 aliphatic rings. The summed E-state index contributed by atoms with van der Waals surface area (Å²) in [5.74, 6) is 1.82. The Morgan fingerprint density at radius 1 is 1.27 bits per heavy atom. The molecule has 0 radical (unpaired) electrons. The number of nitrogens with one attached hydrogen (secondary N) is 1. The molecule has 1 N–H and O–H groups in total. The van der Waals surface area contributed by atoms with Crippen molar-refractivity contribution in [2.45, 2.75) is 46.0 Å². The van der Waals surface area contributed by atoms with Crippen LogP contribution in [0.4, 0.5) is 0 Å². The Labute approximate surface area is 158 Å². The van der Waals surface area contributed by atoms with Crippen molar-refractivity contribution >= 4 is 17.2 Å². The van der Waals surface area contributed by atoms with Crippen LogP contribution in [0.25, 0.3) is 0 Å². The van der Waals surface area contributed by atoms with E-state index in [1.165, 1.54) is 11.3 Å². The number of carbonyl (C=O) groups is 1. The van der Waals surface area contributed by atoms with Gasteiger partial charge in [-0.3, -0.25) is 4.79 Å². The average molecular weight is 375 g/mol. The Kier molecular flexibility index (Phi) is 5.23. The fraction of sp³-hybridized carbons (Fsp3) is 0.500. The maximum Gasteiger partial charge on any atom is 0.263 e. The molecule has 0 aliphatic carbocycles. The van der Waals surface area contributed by atoms with E-state index in [1.54, 1.807) is 0 Å². The number of carbonyl (C=O) groups excluding carboxylic acids is 1. The van der Waals surface area contributed by atoms with Crippen molar-refractivity contribution in [3.8, 4) is 11.5 Å². The van der Waals surface area contributed by atoms with Crippen LogP contribution < -0.4 is 14.8 Å². The van der Waals surface area contributed by atoms with Crippen LogP contribution in [0.3, 0.4) is 0 Å². The SMILES string of the molecule is Cc1nc(C(C)C)sc1C(=O)NCC(C)(C)c1ccc2c(c1)OCCO2. The third-order valence-electron chi connectivity index (χ3n) is 4.53. The Balaban J connectivity index is 1.71. The lowest BCUT2D eigenvalue weighted by Crippen LogP contribution is -2.36. The fourth-order valence-corrected chi connectivity index (χ4v) is 3.81. The van der Waals surface area contributed by atoms with Crippen LogP contribution in [-0.4, -0.2) is 30.6 Å².